The minimum absolute atomic E-state index is 0.726. The van der Waals surface area contributed by atoms with Crippen molar-refractivity contribution in [2.24, 2.45) is 11.7 Å². The molecule has 1 aromatic rings. The molecule has 2 N–H and O–H groups in total. The Bertz CT molecular complexity index is 275. The maximum atomic E-state index is 5.54. The van der Waals surface area contributed by atoms with Crippen LogP contribution in [0.15, 0.2) is 18.5 Å². The lowest BCUT2D eigenvalue weighted by atomic mass is 10.1. The second-order valence-electron chi connectivity index (χ2n) is 3.73. The van der Waals surface area contributed by atoms with Crippen LogP contribution in [0.1, 0.15) is 12.8 Å². The summed E-state index contributed by atoms with van der Waals surface area (Å²) in [6.45, 7) is 2.91. The fourth-order valence-corrected chi connectivity index (χ4v) is 1.94. The van der Waals surface area contributed by atoms with E-state index in [-0.39, 0.29) is 0 Å². The number of hydrogen-bond donors (Lipinski definition) is 1. The lowest BCUT2D eigenvalue weighted by Crippen LogP contribution is -2.22. The van der Waals surface area contributed by atoms with E-state index in [2.05, 4.69) is 14.9 Å². The topological polar surface area (TPSA) is 55.0 Å². The highest BCUT2D eigenvalue weighted by Gasteiger charge is 2.23. The van der Waals surface area contributed by atoms with Crippen molar-refractivity contribution >= 4 is 5.95 Å². The molecule has 76 valence electrons. The summed E-state index contributed by atoms with van der Waals surface area (Å²) in [5.41, 5.74) is 5.54. The van der Waals surface area contributed by atoms with Gasteiger partial charge in [0.15, 0.2) is 0 Å². The second kappa shape index (κ2) is 4.37. The van der Waals surface area contributed by atoms with Gasteiger partial charge in [0.1, 0.15) is 0 Å². The van der Waals surface area contributed by atoms with Gasteiger partial charge in [0.05, 0.1) is 0 Å². The van der Waals surface area contributed by atoms with Crippen molar-refractivity contribution in [3.8, 4) is 0 Å². The number of nitrogens with two attached hydrogens (primary N) is 1. The molecule has 1 fully saturated rings. The van der Waals surface area contributed by atoms with Crippen molar-refractivity contribution in [1.82, 2.24) is 9.97 Å². The molecular formula is C10H16N4. The standard InChI is InChI=1S/C10H16N4/c11-4-2-9-3-7-14(8-9)10-12-5-1-6-13-10/h1,5-6,9H,2-4,7-8,11H2. The summed E-state index contributed by atoms with van der Waals surface area (Å²) >= 11 is 0. The van der Waals surface area contributed by atoms with E-state index in [9.17, 15) is 0 Å². The third-order valence-electron chi connectivity index (χ3n) is 2.70. The number of rotatable bonds is 3. The Morgan fingerprint density at radius 1 is 1.43 bits per heavy atom. The van der Waals surface area contributed by atoms with Crippen LogP contribution in [0, 0.1) is 5.92 Å². The van der Waals surface area contributed by atoms with E-state index in [1.807, 2.05) is 6.07 Å². The smallest absolute Gasteiger partial charge is 0.225 e. The van der Waals surface area contributed by atoms with Gasteiger partial charge < -0.3 is 10.6 Å². The first kappa shape index (κ1) is 9.40. The van der Waals surface area contributed by atoms with E-state index >= 15 is 0 Å². The molecule has 1 aliphatic rings. The Morgan fingerprint density at radius 3 is 2.93 bits per heavy atom. The van der Waals surface area contributed by atoms with Crippen molar-refractivity contribution in [2.45, 2.75) is 12.8 Å². The van der Waals surface area contributed by atoms with Gasteiger partial charge in [-0.05, 0) is 31.4 Å². The maximum Gasteiger partial charge on any atom is 0.225 e. The van der Waals surface area contributed by atoms with Crippen LogP contribution in [0.4, 0.5) is 5.95 Å². The number of anilines is 1. The molecule has 0 bridgehead atoms. The van der Waals surface area contributed by atoms with Crippen LogP contribution in [0.3, 0.4) is 0 Å². The first-order valence-corrected chi connectivity index (χ1v) is 5.12. The van der Waals surface area contributed by atoms with Crippen LogP contribution < -0.4 is 10.6 Å². The van der Waals surface area contributed by atoms with Gasteiger partial charge in [0, 0.05) is 25.5 Å². The minimum atomic E-state index is 0.726. The fourth-order valence-electron chi connectivity index (χ4n) is 1.94. The van der Waals surface area contributed by atoms with Gasteiger partial charge in [0.25, 0.3) is 0 Å². The van der Waals surface area contributed by atoms with Crippen LogP contribution in [-0.4, -0.2) is 29.6 Å². The van der Waals surface area contributed by atoms with Crippen LogP contribution in [-0.2, 0) is 0 Å². The Balaban J connectivity index is 1.96. The van der Waals surface area contributed by atoms with Gasteiger partial charge in [-0.2, -0.15) is 0 Å². The highest BCUT2D eigenvalue weighted by atomic mass is 15.3. The molecule has 1 atom stereocenters. The normalized spacial score (nSPS) is 21.5. The number of aromatic nitrogens is 2. The third kappa shape index (κ3) is 2.01. The molecule has 1 unspecified atom stereocenters. The van der Waals surface area contributed by atoms with E-state index in [4.69, 9.17) is 5.73 Å². The van der Waals surface area contributed by atoms with E-state index in [0.29, 0.717) is 0 Å². The monoisotopic (exact) mass is 192 g/mol. The Morgan fingerprint density at radius 2 is 2.21 bits per heavy atom. The average molecular weight is 192 g/mol. The molecule has 14 heavy (non-hydrogen) atoms. The Hall–Kier alpha value is -1.16. The summed E-state index contributed by atoms with van der Waals surface area (Å²) in [6, 6.07) is 1.84. The van der Waals surface area contributed by atoms with Crippen LogP contribution in [0.2, 0.25) is 0 Å². The summed E-state index contributed by atoms with van der Waals surface area (Å²) in [4.78, 5) is 10.7. The zero-order valence-corrected chi connectivity index (χ0v) is 8.26. The molecule has 1 saturated heterocycles. The minimum Gasteiger partial charge on any atom is -0.341 e. The summed E-state index contributed by atoms with van der Waals surface area (Å²) in [7, 11) is 0. The molecule has 0 saturated carbocycles. The highest BCUT2D eigenvalue weighted by molar-refractivity contribution is 5.30. The molecule has 0 amide bonds. The molecule has 0 aromatic carbocycles. The van der Waals surface area contributed by atoms with Gasteiger partial charge in [-0.3, -0.25) is 0 Å². The molecule has 1 aromatic heterocycles. The van der Waals surface area contributed by atoms with Crippen molar-refractivity contribution in [3.05, 3.63) is 18.5 Å². The largest absolute Gasteiger partial charge is 0.341 e. The van der Waals surface area contributed by atoms with E-state index in [1.165, 1.54) is 6.42 Å². The van der Waals surface area contributed by atoms with Gasteiger partial charge in [-0.1, -0.05) is 0 Å². The van der Waals surface area contributed by atoms with Crippen molar-refractivity contribution in [3.63, 3.8) is 0 Å². The van der Waals surface area contributed by atoms with Crippen LogP contribution in [0.25, 0.3) is 0 Å². The van der Waals surface area contributed by atoms with Crippen molar-refractivity contribution < 1.29 is 0 Å². The van der Waals surface area contributed by atoms with Gasteiger partial charge >= 0.3 is 0 Å². The van der Waals surface area contributed by atoms with Crippen LogP contribution in [0.5, 0.6) is 0 Å². The van der Waals surface area contributed by atoms with Crippen molar-refractivity contribution in [2.75, 3.05) is 24.5 Å². The molecule has 4 heteroatoms. The first-order chi connectivity index (χ1) is 6.90. The molecule has 0 aliphatic carbocycles. The molecule has 2 heterocycles. The zero-order chi connectivity index (χ0) is 9.80. The summed E-state index contributed by atoms with van der Waals surface area (Å²) < 4.78 is 0. The predicted octanol–water partition coefficient (Wildman–Crippen LogP) is 0.652. The van der Waals surface area contributed by atoms with Crippen molar-refractivity contribution in [1.29, 1.82) is 0 Å². The SMILES string of the molecule is NCCC1CCN(c2ncccn2)C1. The van der Waals surface area contributed by atoms with Gasteiger partial charge in [-0.15, -0.1) is 0 Å². The lowest BCUT2D eigenvalue weighted by Gasteiger charge is -2.15. The molecule has 4 nitrogen and oxygen atoms in total. The number of nitrogens with zero attached hydrogens (tertiary/aromatic N) is 3. The third-order valence-corrected chi connectivity index (χ3v) is 2.70. The highest BCUT2D eigenvalue weighted by Crippen LogP contribution is 2.21. The second-order valence-corrected chi connectivity index (χ2v) is 3.73. The quantitative estimate of drug-likeness (QED) is 0.764. The summed E-state index contributed by atoms with van der Waals surface area (Å²) in [6.07, 6.45) is 5.91. The summed E-state index contributed by atoms with van der Waals surface area (Å²) in [5.74, 6) is 1.58. The summed E-state index contributed by atoms with van der Waals surface area (Å²) in [5, 5.41) is 0. The fraction of sp³-hybridized carbons (Fsp3) is 0.600. The molecule has 0 radical (unpaired) electrons. The maximum absolute atomic E-state index is 5.54. The van der Waals surface area contributed by atoms with Gasteiger partial charge in [0.2, 0.25) is 5.95 Å². The van der Waals surface area contributed by atoms with E-state index in [0.717, 1.165) is 37.9 Å². The molecule has 0 spiro atoms. The van der Waals surface area contributed by atoms with Crippen LogP contribution >= 0.6 is 0 Å². The molecule has 1 aliphatic heterocycles. The molecular weight excluding hydrogens is 176 g/mol. The zero-order valence-electron chi connectivity index (χ0n) is 8.26. The molecule has 2 rings (SSSR count). The number of hydrogen-bond acceptors (Lipinski definition) is 4. The average Bonchev–Trinajstić information content (AvgIpc) is 2.68. The van der Waals surface area contributed by atoms with Gasteiger partial charge in [-0.25, -0.2) is 9.97 Å². The predicted molar refractivity (Wildman–Crippen MR) is 56.0 cm³/mol. The van der Waals surface area contributed by atoms with E-state index in [1.54, 1.807) is 12.4 Å². The lowest BCUT2D eigenvalue weighted by molar-refractivity contribution is 0.545. The Labute approximate surface area is 84.2 Å². The van der Waals surface area contributed by atoms with E-state index < -0.39 is 0 Å². The Kier molecular flexibility index (Phi) is 2.93. The first-order valence-electron chi connectivity index (χ1n) is 5.12.